The molecule has 2 aliphatic heterocycles. The number of benzene rings is 1. The Morgan fingerprint density at radius 1 is 1.16 bits per heavy atom. The van der Waals surface area contributed by atoms with E-state index < -0.39 is 29.0 Å². The van der Waals surface area contributed by atoms with Crippen molar-refractivity contribution in [2.75, 3.05) is 56.7 Å². The van der Waals surface area contributed by atoms with Gasteiger partial charge in [0.15, 0.2) is 23.1 Å². The second kappa shape index (κ2) is 14.0. The number of aromatic nitrogens is 5. The van der Waals surface area contributed by atoms with Crippen molar-refractivity contribution >= 4 is 51.7 Å². The molecule has 0 unspecified atom stereocenters. The number of nitrogens with one attached hydrogen (secondary N) is 1. The monoisotopic (exact) mass is 716 g/mol. The maximum absolute atomic E-state index is 14.2. The number of hydrogen-bond acceptors (Lipinski definition) is 9. The first-order valence-electron chi connectivity index (χ1n) is 15.7. The van der Waals surface area contributed by atoms with Gasteiger partial charge in [0, 0.05) is 44.4 Å². The Hall–Kier alpha value is -5.16. The van der Waals surface area contributed by atoms with Gasteiger partial charge < -0.3 is 34.4 Å². The van der Waals surface area contributed by atoms with Crippen molar-refractivity contribution in [3.05, 3.63) is 80.0 Å². The van der Waals surface area contributed by atoms with Gasteiger partial charge in [0.25, 0.3) is 0 Å². The normalized spacial score (nSPS) is 15.3. The molecule has 264 valence electrons. The van der Waals surface area contributed by atoms with Crippen LogP contribution in [0.5, 0.6) is 5.75 Å². The molecule has 0 aliphatic carbocycles. The number of fused-ring (bicyclic) bond motifs is 1. The topological polar surface area (TPSA) is 151 Å². The Morgan fingerprint density at radius 2 is 1.92 bits per heavy atom. The highest BCUT2D eigenvalue weighted by Crippen LogP contribution is 2.34. The number of alkyl halides is 3. The fraction of sp³-hybridized carbons (Fsp3) is 0.375. The van der Waals surface area contributed by atoms with Gasteiger partial charge in [0.05, 0.1) is 42.3 Å². The van der Waals surface area contributed by atoms with E-state index in [1.807, 2.05) is 11.8 Å². The third-order valence-electron chi connectivity index (χ3n) is 8.51. The molecule has 6 rings (SSSR count). The predicted octanol–water partition coefficient (Wildman–Crippen LogP) is 3.33. The molecule has 3 aromatic heterocycles. The number of carbonyl (C=O) groups excluding carboxylic acids is 2. The molecule has 14 nitrogen and oxygen atoms in total. The van der Waals surface area contributed by atoms with Crippen molar-refractivity contribution in [3.63, 3.8) is 0 Å². The number of nitrogens with zero attached hydrogens (tertiary/aromatic N) is 7. The number of pyridine rings is 2. The van der Waals surface area contributed by atoms with E-state index in [1.54, 1.807) is 10.6 Å². The number of amides is 2. The average Bonchev–Trinajstić information content (AvgIpc) is 3.56. The van der Waals surface area contributed by atoms with Gasteiger partial charge in [-0.2, -0.15) is 22.7 Å². The van der Waals surface area contributed by atoms with Crippen molar-refractivity contribution in [3.8, 4) is 5.75 Å². The molecule has 18 heteroatoms. The summed E-state index contributed by atoms with van der Waals surface area (Å²) in [6.07, 6.45) is -0.836. The van der Waals surface area contributed by atoms with Crippen LogP contribution in [0.1, 0.15) is 35.1 Å². The van der Waals surface area contributed by atoms with Crippen LogP contribution >= 0.6 is 11.6 Å². The minimum Gasteiger partial charge on any atom is -0.618 e. The summed E-state index contributed by atoms with van der Waals surface area (Å²) in [5.41, 5.74) is 0.0371. The zero-order valence-electron chi connectivity index (χ0n) is 27.0. The zero-order valence-corrected chi connectivity index (χ0v) is 27.8. The van der Waals surface area contributed by atoms with Crippen LogP contribution in [0.15, 0.2) is 47.4 Å². The van der Waals surface area contributed by atoms with Gasteiger partial charge in [-0.05, 0) is 36.8 Å². The summed E-state index contributed by atoms with van der Waals surface area (Å²) in [6, 6.07) is 5.61. The molecule has 2 amide bonds. The van der Waals surface area contributed by atoms with E-state index in [-0.39, 0.29) is 78.1 Å². The van der Waals surface area contributed by atoms with Crippen molar-refractivity contribution in [1.82, 2.24) is 24.5 Å². The largest absolute Gasteiger partial charge is 0.618 e. The number of rotatable bonds is 8. The van der Waals surface area contributed by atoms with E-state index in [0.717, 1.165) is 18.2 Å². The van der Waals surface area contributed by atoms with Crippen LogP contribution in [0.25, 0.3) is 16.9 Å². The van der Waals surface area contributed by atoms with Crippen LogP contribution in [0.3, 0.4) is 0 Å². The van der Waals surface area contributed by atoms with Gasteiger partial charge in [0.2, 0.25) is 11.3 Å². The molecule has 50 heavy (non-hydrogen) atoms. The van der Waals surface area contributed by atoms with Crippen molar-refractivity contribution < 1.29 is 37.0 Å². The summed E-state index contributed by atoms with van der Waals surface area (Å²) < 4.78 is 52.2. The molecule has 2 aliphatic rings. The minimum absolute atomic E-state index is 0.00452. The van der Waals surface area contributed by atoms with E-state index >= 15 is 0 Å². The van der Waals surface area contributed by atoms with Gasteiger partial charge in [-0.3, -0.25) is 14.4 Å². The van der Waals surface area contributed by atoms with Crippen LogP contribution in [0.4, 0.5) is 24.5 Å². The van der Waals surface area contributed by atoms with Crippen LogP contribution in [0.2, 0.25) is 5.02 Å². The Morgan fingerprint density at radius 3 is 2.56 bits per heavy atom. The molecular formula is C32H32ClF3N8O6. The number of carbonyl (C=O) groups is 2. The van der Waals surface area contributed by atoms with E-state index in [2.05, 4.69) is 15.5 Å². The van der Waals surface area contributed by atoms with Gasteiger partial charge in [-0.15, -0.1) is 10.2 Å². The number of methoxy groups -OCH3 is 1. The molecule has 0 saturated carbocycles. The molecule has 4 aromatic rings. The van der Waals surface area contributed by atoms with E-state index in [4.69, 9.17) is 21.1 Å². The number of hydrogen-bond donors (Lipinski definition) is 1. The van der Waals surface area contributed by atoms with Crippen LogP contribution in [-0.4, -0.2) is 82.8 Å². The van der Waals surface area contributed by atoms with Gasteiger partial charge >= 0.3 is 17.8 Å². The zero-order chi connectivity index (χ0) is 35.7. The maximum atomic E-state index is 14.2. The first kappa shape index (κ1) is 34.7. The third-order valence-corrected chi connectivity index (χ3v) is 8.83. The highest BCUT2D eigenvalue weighted by Gasteiger charge is 2.34. The van der Waals surface area contributed by atoms with Crippen LogP contribution in [-0.2, 0) is 28.7 Å². The summed E-state index contributed by atoms with van der Waals surface area (Å²) in [5, 5.41) is 23.9. The lowest BCUT2D eigenvalue weighted by atomic mass is 10.1. The average molecular weight is 717 g/mol. The molecule has 1 fully saturated rings. The van der Waals surface area contributed by atoms with Crippen LogP contribution in [0, 0.1) is 5.21 Å². The second-order valence-corrected chi connectivity index (χ2v) is 11.9. The second-order valence-electron chi connectivity index (χ2n) is 11.5. The molecular weight excluding hydrogens is 685 g/mol. The molecule has 0 radical (unpaired) electrons. The van der Waals surface area contributed by atoms with Crippen molar-refractivity contribution in [2.45, 2.75) is 32.5 Å². The van der Waals surface area contributed by atoms with Crippen molar-refractivity contribution in [1.29, 1.82) is 0 Å². The highest BCUT2D eigenvalue weighted by molar-refractivity contribution is 6.33. The van der Waals surface area contributed by atoms with Gasteiger partial charge in [-0.25, -0.2) is 0 Å². The fourth-order valence-electron chi connectivity index (χ4n) is 6.05. The van der Waals surface area contributed by atoms with Crippen LogP contribution < -0.4 is 25.1 Å². The summed E-state index contributed by atoms with van der Waals surface area (Å²) in [6.45, 7) is 2.98. The lowest BCUT2D eigenvalue weighted by Gasteiger charge is -2.36. The standard InChI is InChI=1S/C32H32ClF3N8O6/c1-3-23-27(40-11-13-41(14-12-40)31(47)28-24(49-2)5-4-10-43(28)48)29(46)26-30(39-44(38-26)20-8-15-50-16-9-20)42(23)18-25(45)37-22-7-6-19(17-21(22)33)32(34,35)36/h4-8,10,17H,3,9,11-16,18H2,1-2H3,(H,37,45). The Kier molecular flexibility index (Phi) is 9.71. The van der Waals surface area contributed by atoms with Gasteiger partial charge in [-0.1, -0.05) is 18.5 Å². The van der Waals surface area contributed by atoms with E-state index in [9.17, 15) is 32.8 Å². The quantitative estimate of drug-likeness (QED) is 0.214. The molecule has 1 aromatic carbocycles. The Bertz CT molecular complexity index is 2060. The minimum atomic E-state index is -4.61. The third kappa shape index (κ3) is 6.69. The summed E-state index contributed by atoms with van der Waals surface area (Å²) in [4.78, 5) is 45.7. The molecule has 5 heterocycles. The van der Waals surface area contributed by atoms with E-state index in [0.29, 0.717) is 35.8 Å². The predicted molar refractivity (Wildman–Crippen MR) is 176 cm³/mol. The fourth-order valence-corrected chi connectivity index (χ4v) is 6.28. The smallest absolute Gasteiger partial charge is 0.416 e. The SMILES string of the molecule is CCc1c(N2CCN(C(=O)c3c(OC)ccc[n+]3[O-])CC2)c(=O)c2nn(C3=CCOCC3)nc2n1CC(=O)Nc1ccc(C(F)(F)F)cc1Cl. The van der Waals surface area contributed by atoms with Crippen molar-refractivity contribution in [2.24, 2.45) is 0 Å². The summed E-state index contributed by atoms with van der Waals surface area (Å²) in [5.74, 6) is -1.02. The number of ether oxygens (including phenoxy) is 2. The highest BCUT2D eigenvalue weighted by atomic mass is 35.5. The Labute approximate surface area is 287 Å². The Balaban J connectivity index is 1.35. The molecule has 0 bridgehead atoms. The number of anilines is 2. The number of halogens is 4. The molecule has 1 saturated heterocycles. The summed E-state index contributed by atoms with van der Waals surface area (Å²) in [7, 11) is 1.37. The van der Waals surface area contributed by atoms with Gasteiger partial charge in [0.1, 0.15) is 12.2 Å². The molecule has 1 N–H and O–H groups in total. The number of piperazine rings is 1. The molecule has 0 atom stereocenters. The van der Waals surface area contributed by atoms with E-state index in [1.165, 1.54) is 35.1 Å². The lowest BCUT2D eigenvalue weighted by molar-refractivity contribution is -0.608. The maximum Gasteiger partial charge on any atom is 0.416 e. The lowest BCUT2D eigenvalue weighted by Crippen LogP contribution is -2.52. The first-order chi connectivity index (χ1) is 23.9. The first-order valence-corrected chi connectivity index (χ1v) is 16.1. The molecule has 0 spiro atoms. The summed E-state index contributed by atoms with van der Waals surface area (Å²) >= 11 is 6.11.